The maximum atomic E-state index is 6.08. The molecule has 3 aromatic carbocycles. The van der Waals surface area contributed by atoms with Crippen molar-refractivity contribution in [3.63, 3.8) is 0 Å². The molecule has 3 N–H and O–H groups in total. The van der Waals surface area contributed by atoms with Gasteiger partial charge in [-0.25, -0.2) is 0 Å². The molecule has 4 nitrogen and oxygen atoms in total. The van der Waals surface area contributed by atoms with E-state index in [4.69, 9.17) is 15.2 Å². The molecule has 0 fully saturated rings. The fourth-order valence-electron chi connectivity index (χ4n) is 3.73. The molecular formula is C25H25BrN2O2. The lowest BCUT2D eigenvalue weighted by atomic mass is 9.99. The van der Waals surface area contributed by atoms with Crippen LogP contribution in [0.3, 0.4) is 0 Å². The molecule has 1 aromatic heterocycles. The van der Waals surface area contributed by atoms with E-state index in [1.165, 1.54) is 5.56 Å². The number of benzene rings is 3. The Labute approximate surface area is 185 Å². The van der Waals surface area contributed by atoms with Gasteiger partial charge >= 0.3 is 0 Å². The molecule has 0 atom stereocenters. The minimum atomic E-state index is 0.695. The SMILES string of the molecule is COc1ccc(Br)cc1-c1[nH]c2ccc(Oc3ccccc3)cc2c1CCCCN. The van der Waals surface area contributed by atoms with E-state index in [-0.39, 0.29) is 0 Å². The number of aryl methyl sites for hydroxylation is 1. The third kappa shape index (κ3) is 4.37. The van der Waals surface area contributed by atoms with E-state index in [9.17, 15) is 0 Å². The van der Waals surface area contributed by atoms with Crippen LogP contribution in [-0.4, -0.2) is 18.6 Å². The Morgan fingerprint density at radius 2 is 1.77 bits per heavy atom. The molecule has 0 aliphatic heterocycles. The predicted octanol–water partition coefficient (Wildman–Crippen LogP) is 6.68. The number of hydrogen-bond acceptors (Lipinski definition) is 3. The Kier molecular flexibility index (Phi) is 6.41. The molecule has 154 valence electrons. The van der Waals surface area contributed by atoms with Crippen LogP contribution >= 0.6 is 15.9 Å². The Morgan fingerprint density at radius 3 is 2.53 bits per heavy atom. The van der Waals surface area contributed by atoms with Crippen molar-refractivity contribution >= 4 is 26.8 Å². The fraction of sp³-hybridized carbons (Fsp3) is 0.200. The highest BCUT2D eigenvalue weighted by molar-refractivity contribution is 9.10. The minimum Gasteiger partial charge on any atom is -0.496 e. The van der Waals surface area contributed by atoms with Gasteiger partial charge in [-0.2, -0.15) is 0 Å². The van der Waals surface area contributed by atoms with Crippen molar-refractivity contribution in [1.29, 1.82) is 0 Å². The monoisotopic (exact) mass is 464 g/mol. The van der Waals surface area contributed by atoms with Crippen molar-refractivity contribution in [3.05, 3.63) is 76.8 Å². The first kappa shape index (κ1) is 20.5. The van der Waals surface area contributed by atoms with Crippen LogP contribution in [0, 0.1) is 0 Å². The van der Waals surface area contributed by atoms with Gasteiger partial charge in [0.05, 0.1) is 12.8 Å². The molecule has 0 aliphatic rings. The molecule has 1 heterocycles. The third-order valence-corrected chi connectivity index (χ3v) is 5.66. The summed E-state index contributed by atoms with van der Waals surface area (Å²) in [7, 11) is 1.70. The van der Waals surface area contributed by atoms with E-state index in [0.717, 1.165) is 63.1 Å². The molecule has 5 heteroatoms. The molecule has 0 radical (unpaired) electrons. The molecule has 4 rings (SSSR count). The summed E-state index contributed by atoms with van der Waals surface area (Å²) in [5, 5.41) is 1.16. The standard InChI is InChI=1S/C25H25BrN2O2/c1-29-24-13-10-17(26)15-22(24)25-20(9-5-6-14-27)21-16-19(11-12-23(21)28-25)30-18-7-3-2-4-8-18/h2-4,7-8,10-13,15-16,28H,5-6,9,14,27H2,1H3. The predicted molar refractivity (Wildman–Crippen MR) is 126 cm³/mol. The molecule has 4 aromatic rings. The van der Waals surface area contributed by atoms with E-state index < -0.39 is 0 Å². The maximum Gasteiger partial charge on any atom is 0.128 e. The van der Waals surface area contributed by atoms with Gasteiger partial charge in [0.1, 0.15) is 17.2 Å². The number of fused-ring (bicyclic) bond motifs is 1. The second kappa shape index (κ2) is 9.37. The van der Waals surface area contributed by atoms with Crippen LogP contribution in [0.15, 0.2) is 71.2 Å². The first-order valence-electron chi connectivity index (χ1n) is 10.1. The van der Waals surface area contributed by atoms with E-state index in [1.807, 2.05) is 48.5 Å². The molecule has 30 heavy (non-hydrogen) atoms. The number of aromatic nitrogens is 1. The van der Waals surface area contributed by atoms with Gasteiger partial charge in [0.2, 0.25) is 0 Å². The van der Waals surface area contributed by atoms with E-state index >= 15 is 0 Å². The smallest absolute Gasteiger partial charge is 0.128 e. The van der Waals surface area contributed by atoms with Gasteiger partial charge in [0.25, 0.3) is 0 Å². The van der Waals surface area contributed by atoms with Gasteiger partial charge in [-0.15, -0.1) is 0 Å². The van der Waals surface area contributed by atoms with Crippen molar-refractivity contribution in [2.24, 2.45) is 5.73 Å². The molecule has 0 saturated heterocycles. The zero-order valence-corrected chi connectivity index (χ0v) is 18.5. The van der Waals surface area contributed by atoms with Crippen LogP contribution in [0.1, 0.15) is 18.4 Å². The lowest BCUT2D eigenvalue weighted by Gasteiger charge is -2.11. The highest BCUT2D eigenvalue weighted by Gasteiger charge is 2.17. The van der Waals surface area contributed by atoms with Gasteiger partial charge in [0.15, 0.2) is 0 Å². The van der Waals surface area contributed by atoms with Crippen LogP contribution < -0.4 is 15.2 Å². The number of hydrogen-bond donors (Lipinski definition) is 2. The Hall–Kier alpha value is -2.76. The van der Waals surface area contributed by atoms with Crippen LogP contribution in [-0.2, 0) is 6.42 Å². The molecule has 0 spiro atoms. The normalized spacial score (nSPS) is 11.0. The van der Waals surface area contributed by atoms with Crippen molar-refractivity contribution < 1.29 is 9.47 Å². The molecule has 0 aliphatic carbocycles. The average molecular weight is 465 g/mol. The number of rotatable bonds is 8. The molecule has 0 amide bonds. The quantitative estimate of drug-likeness (QED) is 0.286. The topological polar surface area (TPSA) is 60.3 Å². The van der Waals surface area contributed by atoms with Gasteiger partial charge in [-0.3, -0.25) is 0 Å². The van der Waals surface area contributed by atoms with Gasteiger partial charge in [0, 0.05) is 20.9 Å². The lowest BCUT2D eigenvalue weighted by Crippen LogP contribution is -1.99. The summed E-state index contributed by atoms with van der Waals surface area (Å²) in [6, 6.07) is 22.1. The number of nitrogens with two attached hydrogens (primary N) is 1. The number of unbranched alkanes of at least 4 members (excludes halogenated alkanes) is 1. The molecule has 0 bridgehead atoms. The second-order valence-corrected chi connectivity index (χ2v) is 8.11. The summed E-state index contributed by atoms with van der Waals surface area (Å²) >= 11 is 3.60. The Balaban J connectivity index is 1.81. The highest BCUT2D eigenvalue weighted by atomic mass is 79.9. The summed E-state index contributed by atoms with van der Waals surface area (Å²) in [6.45, 7) is 0.695. The Bertz CT molecular complexity index is 1140. The van der Waals surface area contributed by atoms with Gasteiger partial charge < -0.3 is 20.2 Å². The van der Waals surface area contributed by atoms with Crippen molar-refractivity contribution in [1.82, 2.24) is 4.98 Å². The van der Waals surface area contributed by atoms with Crippen LogP contribution in [0.2, 0.25) is 0 Å². The van der Waals surface area contributed by atoms with Crippen molar-refractivity contribution in [3.8, 4) is 28.5 Å². The zero-order valence-electron chi connectivity index (χ0n) is 17.0. The largest absolute Gasteiger partial charge is 0.496 e. The minimum absolute atomic E-state index is 0.695. The summed E-state index contributed by atoms with van der Waals surface area (Å²) in [6.07, 6.45) is 2.94. The zero-order chi connectivity index (χ0) is 20.9. The van der Waals surface area contributed by atoms with Gasteiger partial charge in [-0.05, 0) is 79.9 Å². The summed E-state index contributed by atoms with van der Waals surface area (Å²) < 4.78 is 12.7. The average Bonchev–Trinajstić information content (AvgIpc) is 3.12. The van der Waals surface area contributed by atoms with Crippen molar-refractivity contribution in [2.75, 3.05) is 13.7 Å². The number of aromatic amines is 1. The van der Waals surface area contributed by atoms with E-state index in [0.29, 0.717) is 6.54 Å². The number of nitrogens with one attached hydrogen (secondary N) is 1. The molecule has 0 saturated carbocycles. The third-order valence-electron chi connectivity index (χ3n) is 5.17. The molecular weight excluding hydrogens is 440 g/mol. The fourth-order valence-corrected chi connectivity index (χ4v) is 4.09. The lowest BCUT2D eigenvalue weighted by molar-refractivity contribution is 0.416. The number of halogens is 1. The number of H-pyrrole nitrogens is 1. The number of methoxy groups -OCH3 is 1. The van der Waals surface area contributed by atoms with Gasteiger partial charge in [-0.1, -0.05) is 34.1 Å². The number of para-hydroxylation sites is 1. The van der Waals surface area contributed by atoms with Crippen molar-refractivity contribution in [2.45, 2.75) is 19.3 Å². The van der Waals surface area contributed by atoms with E-state index in [2.05, 4.69) is 39.1 Å². The maximum absolute atomic E-state index is 6.08. The summed E-state index contributed by atoms with van der Waals surface area (Å²) in [4.78, 5) is 3.61. The highest BCUT2D eigenvalue weighted by Crippen LogP contribution is 2.39. The summed E-state index contributed by atoms with van der Waals surface area (Å²) in [5.74, 6) is 2.48. The second-order valence-electron chi connectivity index (χ2n) is 7.19. The first-order chi connectivity index (χ1) is 14.7. The number of ether oxygens (including phenoxy) is 2. The van der Waals surface area contributed by atoms with Crippen LogP contribution in [0.25, 0.3) is 22.2 Å². The summed E-state index contributed by atoms with van der Waals surface area (Å²) in [5.41, 5.74) is 10.2. The van der Waals surface area contributed by atoms with Crippen LogP contribution in [0.5, 0.6) is 17.2 Å². The van der Waals surface area contributed by atoms with E-state index in [1.54, 1.807) is 7.11 Å². The molecule has 0 unspecified atom stereocenters. The first-order valence-corrected chi connectivity index (χ1v) is 10.9. The Morgan fingerprint density at radius 1 is 0.933 bits per heavy atom. The van der Waals surface area contributed by atoms with Crippen LogP contribution in [0.4, 0.5) is 0 Å².